The van der Waals surface area contributed by atoms with E-state index in [-0.39, 0.29) is 0 Å². The van der Waals surface area contributed by atoms with Gasteiger partial charge in [-0.1, -0.05) is 30.3 Å². The first kappa shape index (κ1) is 16.4. The van der Waals surface area contributed by atoms with E-state index in [2.05, 4.69) is 10.2 Å². The van der Waals surface area contributed by atoms with Crippen molar-refractivity contribution in [2.75, 3.05) is 24.5 Å². The van der Waals surface area contributed by atoms with Gasteiger partial charge in [0.05, 0.1) is 17.1 Å². The van der Waals surface area contributed by atoms with Gasteiger partial charge in [0.1, 0.15) is 5.75 Å². The number of nitrogens with zero attached hydrogens (tertiary/aromatic N) is 1. The summed E-state index contributed by atoms with van der Waals surface area (Å²) in [4.78, 5) is 2.54. The van der Waals surface area contributed by atoms with E-state index in [0.29, 0.717) is 23.2 Å². The van der Waals surface area contributed by atoms with Crippen LogP contribution in [0.5, 0.6) is 5.75 Å². The predicted octanol–water partition coefficient (Wildman–Crippen LogP) is 2.44. The average Bonchev–Trinajstić information content (AvgIpc) is 2.68. The SMILES string of the molecule is O=S(=O)(c1ccccc1)C1CN(C2CCNCC2)c2ccccc2O1. The molecule has 1 unspecified atom stereocenters. The Hall–Kier alpha value is -2.05. The number of hydrogen-bond acceptors (Lipinski definition) is 5. The topological polar surface area (TPSA) is 58.6 Å². The largest absolute Gasteiger partial charge is 0.470 e. The highest BCUT2D eigenvalue weighted by Crippen LogP contribution is 2.38. The van der Waals surface area contributed by atoms with Crippen LogP contribution in [0.2, 0.25) is 0 Å². The highest BCUT2D eigenvalue weighted by Gasteiger charge is 2.38. The lowest BCUT2D eigenvalue weighted by molar-refractivity contribution is 0.250. The normalized spacial score (nSPS) is 21.4. The molecule has 1 N–H and O–H groups in total. The summed E-state index contributed by atoms with van der Waals surface area (Å²) in [5.41, 5.74) is 0.105. The maximum Gasteiger partial charge on any atom is 0.220 e. The van der Waals surface area contributed by atoms with Gasteiger partial charge in [0, 0.05) is 6.04 Å². The number of sulfone groups is 1. The summed E-state index contributed by atoms with van der Waals surface area (Å²) < 4.78 is 32.0. The van der Waals surface area contributed by atoms with Gasteiger partial charge in [-0.25, -0.2) is 8.42 Å². The van der Waals surface area contributed by atoms with Crippen molar-refractivity contribution in [2.45, 2.75) is 29.2 Å². The number of hydrogen-bond donors (Lipinski definition) is 1. The van der Waals surface area contributed by atoms with Gasteiger partial charge in [-0.15, -0.1) is 0 Å². The molecule has 0 bridgehead atoms. The van der Waals surface area contributed by atoms with E-state index >= 15 is 0 Å². The van der Waals surface area contributed by atoms with Crippen LogP contribution in [0.3, 0.4) is 0 Å². The number of para-hydroxylation sites is 2. The predicted molar refractivity (Wildman–Crippen MR) is 97.7 cm³/mol. The van der Waals surface area contributed by atoms with Gasteiger partial charge in [-0.3, -0.25) is 0 Å². The van der Waals surface area contributed by atoms with Crippen molar-refractivity contribution in [3.63, 3.8) is 0 Å². The van der Waals surface area contributed by atoms with Crippen LogP contribution in [0.25, 0.3) is 0 Å². The summed E-state index contributed by atoms with van der Waals surface area (Å²) in [5, 5.41) is 3.37. The van der Waals surface area contributed by atoms with Gasteiger partial charge in [0.2, 0.25) is 15.3 Å². The summed E-state index contributed by atoms with van der Waals surface area (Å²) in [7, 11) is -3.56. The molecule has 0 aliphatic carbocycles. The molecular formula is C19H22N2O3S. The fraction of sp³-hybridized carbons (Fsp3) is 0.368. The van der Waals surface area contributed by atoms with E-state index in [1.807, 2.05) is 30.3 Å². The van der Waals surface area contributed by atoms with Crippen LogP contribution in [-0.2, 0) is 9.84 Å². The third-order valence-corrected chi connectivity index (χ3v) is 6.81. The van der Waals surface area contributed by atoms with E-state index in [9.17, 15) is 8.42 Å². The van der Waals surface area contributed by atoms with Crippen LogP contribution < -0.4 is 15.0 Å². The number of benzene rings is 2. The van der Waals surface area contributed by atoms with E-state index in [1.165, 1.54) is 0 Å². The van der Waals surface area contributed by atoms with Crippen LogP contribution in [0.15, 0.2) is 59.5 Å². The Labute approximate surface area is 148 Å². The Kier molecular flexibility index (Phi) is 4.39. The Balaban J connectivity index is 1.70. The van der Waals surface area contributed by atoms with Gasteiger partial charge in [0.25, 0.3) is 0 Å². The molecule has 2 aliphatic heterocycles. The minimum Gasteiger partial charge on any atom is -0.470 e. The average molecular weight is 358 g/mol. The second-order valence-corrected chi connectivity index (χ2v) is 8.59. The molecule has 1 atom stereocenters. The van der Waals surface area contributed by atoms with E-state index < -0.39 is 15.3 Å². The highest BCUT2D eigenvalue weighted by atomic mass is 32.2. The fourth-order valence-electron chi connectivity index (χ4n) is 3.62. The summed E-state index contributed by atoms with van der Waals surface area (Å²) in [6.07, 6.45) is 2.01. The fourth-order valence-corrected chi connectivity index (χ4v) is 5.05. The zero-order valence-corrected chi connectivity index (χ0v) is 14.8. The first-order valence-corrected chi connectivity index (χ1v) is 10.2. The lowest BCUT2D eigenvalue weighted by Gasteiger charge is -2.42. The lowest BCUT2D eigenvalue weighted by Crippen LogP contribution is -2.51. The molecule has 4 rings (SSSR count). The molecule has 5 nitrogen and oxygen atoms in total. The summed E-state index contributed by atoms with van der Waals surface area (Å²) in [6.45, 7) is 2.28. The van der Waals surface area contributed by atoms with Gasteiger partial charge in [-0.2, -0.15) is 0 Å². The first-order chi connectivity index (χ1) is 12.2. The molecule has 25 heavy (non-hydrogen) atoms. The maximum absolute atomic E-state index is 13.1. The molecule has 2 aliphatic rings. The van der Waals surface area contributed by atoms with E-state index in [4.69, 9.17) is 4.74 Å². The minimum absolute atomic E-state index is 0.310. The van der Waals surface area contributed by atoms with Crippen molar-refractivity contribution in [3.05, 3.63) is 54.6 Å². The third-order valence-electron chi connectivity index (χ3n) is 4.95. The number of nitrogens with one attached hydrogen (secondary N) is 1. The second kappa shape index (κ2) is 6.69. The van der Waals surface area contributed by atoms with Crippen LogP contribution in [0.4, 0.5) is 5.69 Å². The van der Waals surface area contributed by atoms with Crippen molar-refractivity contribution >= 4 is 15.5 Å². The molecule has 1 fully saturated rings. The van der Waals surface area contributed by atoms with Crippen molar-refractivity contribution in [2.24, 2.45) is 0 Å². The molecule has 132 valence electrons. The maximum atomic E-state index is 13.1. The van der Waals surface area contributed by atoms with Crippen LogP contribution >= 0.6 is 0 Å². The van der Waals surface area contributed by atoms with Crippen molar-refractivity contribution in [1.82, 2.24) is 5.32 Å². The molecular weight excluding hydrogens is 336 g/mol. The molecule has 0 spiro atoms. The quantitative estimate of drug-likeness (QED) is 0.913. The Bertz CT molecular complexity index is 833. The number of piperidine rings is 1. The van der Waals surface area contributed by atoms with Crippen LogP contribution in [0.1, 0.15) is 12.8 Å². The molecule has 0 aromatic heterocycles. The molecule has 0 radical (unpaired) electrons. The second-order valence-electron chi connectivity index (χ2n) is 6.51. The number of ether oxygens (including phenoxy) is 1. The van der Waals surface area contributed by atoms with Gasteiger partial charge in [0.15, 0.2) is 0 Å². The number of rotatable bonds is 3. The zero-order valence-electron chi connectivity index (χ0n) is 14.0. The summed E-state index contributed by atoms with van der Waals surface area (Å²) >= 11 is 0. The van der Waals surface area contributed by atoms with Crippen molar-refractivity contribution in [3.8, 4) is 5.75 Å². The molecule has 2 aromatic rings. The standard InChI is InChI=1S/C19H22N2O3S/c22-25(23,16-6-2-1-3-7-16)19-14-21(15-10-12-20-13-11-15)17-8-4-5-9-18(17)24-19/h1-9,15,19-20H,10-14H2. The zero-order chi connectivity index (χ0) is 17.3. The van der Waals surface area contributed by atoms with Gasteiger partial charge < -0.3 is 15.0 Å². The lowest BCUT2D eigenvalue weighted by atomic mass is 10.0. The monoisotopic (exact) mass is 358 g/mol. The Morgan fingerprint density at radius 3 is 2.40 bits per heavy atom. The van der Waals surface area contributed by atoms with Crippen molar-refractivity contribution < 1.29 is 13.2 Å². The van der Waals surface area contributed by atoms with Crippen molar-refractivity contribution in [1.29, 1.82) is 0 Å². The molecule has 0 saturated carbocycles. The van der Waals surface area contributed by atoms with Crippen LogP contribution in [-0.4, -0.2) is 39.5 Å². The molecule has 0 amide bonds. The van der Waals surface area contributed by atoms with E-state index in [0.717, 1.165) is 31.6 Å². The van der Waals surface area contributed by atoms with E-state index in [1.54, 1.807) is 24.3 Å². The summed E-state index contributed by atoms with van der Waals surface area (Å²) in [5.74, 6) is 0.650. The third kappa shape index (κ3) is 3.12. The Morgan fingerprint density at radius 1 is 0.960 bits per heavy atom. The molecule has 2 aromatic carbocycles. The number of anilines is 1. The molecule has 1 saturated heterocycles. The first-order valence-electron chi connectivity index (χ1n) is 8.68. The molecule has 2 heterocycles. The Morgan fingerprint density at radius 2 is 1.64 bits per heavy atom. The van der Waals surface area contributed by atoms with Gasteiger partial charge in [-0.05, 0) is 50.2 Å². The smallest absolute Gasteiger partial charge is 0.220 e. The molecule has 6 heteroatoms. The minimum atomic E-state index is -3.56. The summed E-state index contributed by atoms with van der Waals surface area (Å²) in [6, 6.07) is 16.6. The van der Waals surface area contributed by atoms with Crippen LogP contribution in [0, 0.1) is 0 Å². The number of fused-ring (bicyclic) bond motifs is 1. The van der Waals surface area contributed by atoms with Gasteiger partial charge >= 0.3 is 0 Å². The highest BCUT2D eigenvalue weighted by molar-refractivity contribution is 7.92.